The van der Waals surface area contributed by atoms with Gasteiger partial charge in [0.2, 0.25) is 5.95 Å². The molecular formula is C18H23FN6O2. The molecule has 1 aliphatic heterocycles. The molecule has 3 N–H and O–H groups in total. The minimum atomic E-state index is -0.504. The van der Waals surface area contributed by atoms with Crippen LogP contribution in [-0.4, -0.2) is 49.4 Å². The molecule has 3 rings (SSSR count). The molecule has 1 aromatic carbocycles. The van der Waals surface area contributed by atoms with Crippen molar-refractivity contribution in [3.63, 3.8) is 0 Å². The fraction of sp³-hybridized carbons (Fsp3) is 0.389. The first-order valence-corrected chi connectivity index (χ1v) is 8.73. The summed E-state index contributed by atoms with van der Waals surface area (Å²) in [6, 6.07) is 3.99. The van der Waals surface area contributed by atoms with Crippen LogP contribution in [0.2, 0.25) is 0 Å². The lowest BCUT2D eigenvalue weighted by molar-refractivity contribution is 0.120. The van der Waals surface area contributed by atoms with Crippen LogP contribution < -0.4 is 20.9 Å². The highest BCUT2D eigenvalue weighted by atomic mass is 19.1. The number of hydrogen-bond acceptors (Lipinski definition) is 6. The summed E-state index contributed by atoms with van der Waals surface area (Å²) in [5.74, 6) is 0.0959. The van der Waals surface area contributed by atoms with Crippen molar-refractivity contribution in [1.29, 1.82) is 0 Å². The van der Waals surface area contributed by atoms with Crippen molar-refractivity contribution < 1.29 is 13.9 Å². The number of rotatable bonds is 6. The second-order valence-corrected chi connectivity index (χ2v) is 6.46. The Morgan fingerprint density at radius 1 is 1.26 bits per heavy atom. The van der Waals surface area contributed by atoms with Gasteiger partial charge >= 0.3 is 6.03 Å². The minimum Gasteiger partial charge on any atom is -0.380 e. The zero-order valence-corrected chi connectivity index (χ0v) is 15.3. The van der Waals surface area contributed by atoms with Crippen LogP contribution in [0.15, 0.2) is 30.6 Å². The third-order valence-corrected chi connectivity index (χ3v) is 4.07. The highest BCUT2D eigenvalue weighted by molar-refractivity contribution is 5.99. The van der Waals surface area contributed by atoms with Crippen LogP contribution in [0.25, 0.3) is 0 Å². The summed E-state index contributed by atoms with van der Waals surface area (Å²) < 4.78 is 19.7. The number of amides is 2. The van der Waals surface area contributed by atoms with Crippen LogP contribution in [0.1, 0.15) is 12.8 Å². The van der Waals surface area contributed by atoms with Crippen LogP contribution in [0.4, 0.5) is 32.2 Å². The predicted octanol–water partition coefficient (Wildman–Crippen LogP) is 2.92. The van der Waals surface area contributed by atoms with E-state index in [1.165, 1.54) is 18.5 Å². The molecule has 8 nitrogen and oxygen atoms in total. The number of nitrogens with one attached hydrogen (secondary N) is 3. The van der Waals surface area contributed by atoms with E-state index in [1.807, 2.05) is 14.1 Å². The number of halogens is 1. The molecule has 0 bridgehead atoms. The van der Waals surface area contributed by atoms with E-state index in [9.17, 15) is 9.18 Å². The number of nitrogens with zero attached hydrogens (tertiary/aromatic N) is 3. The van der Waals surface area contributed by atoms with Crippen LogP contribution in [0.3, 0.4) is 0 Å². The highest BCUT2D eigenvalue weighted by Crippen LogP contribution is 2.20. The topological polar surface area (TPSA) is 91.4 Å². The predicted molar refractivity (Wildman–Crippen MR) is 103 cm³/mol. The molecule has 2 aromatic rings. The number of hydrogen-bond donors (Lipinski definition) is 3. The number of benzene rings is 1. The standard InChI is InChI=1S/C18H23FN6O2/c1-25(2)17-21-9-13(10-22-17)24-18(26)23-12-5-6-16(15(19)8-12)20-11-14-4-3-7-27-14/h5-6,8-10,14,20H,3-4,7,11H2,1-2H3,(H2,23,24,26). The zero-order chi connectivity index (χ0) is 19.2. The Hall–Kier alpha value is -2.94. The summed E-state index contributed by atoms with van der Waals surface area (Å²) in [6.07, 6.45) is 5.14. The number of carbonyl (C=O) groups is 1. The van der Waals surface area contributed by atoms with Crippen molar-refractivity contribution in [2.24, 2.45) is 0 Å². The molecule has 0 radical (unpaired) electrons. The van der Waals surface area contributed by atoms with Crippen LogP contribution in [0, 0.1) is 5.82 Å². The zero-order valence-electron chi connectivity index (χ0n) is 15.3. The Morgan fingerprint density at radius 2 is 2.00 bits per heavy atom. The van der Waals surface area contributed by atoms with Gasteiger partial charge in [-0.25, -0.2) is 19.2 Å². The number of ether oxygens (including phenoxy) is 1. The molecule has 1 aliphatic rings. The molecule has 1 saturated heterocycles. The summed E-state index contributed by atoms with van der Waals surface area (Å²) in [6.45, 7) is 1.32. The Labute approximate surface area is 157 Å². The van der Waals surface area contributed by atoms with E-state index < -0.39 is 11.8 Å². The molecule has 2 amide bonds. The smallest absolute Gasteiger partial charge is 0.323 e. The largest absolute Gasteiger partial charge is 0.380 e. The lowest BCUT2D eigenvalue weighted by Crippen LogP contribution is -2.21. The van der Waals surface area contributed by atoms with Crippen molar-refractivity contribution in [3.8, 4) is 0 Å². The van der Waals surface area contributed by atoms with Gasteiger partial charge in [0.15, 0.2) is 0 Å². The van der Waals surface area contributed by atoms with Gasteiger partial charge in [-0.15, -0.1) is 0 Å². The number of anilines is 4. The fourth-order valence-corrected chi connectivity index (χ4v) is 2.68. The molecule has 9 heteroatoms. The number of urea groups is 1. The van der Waals surface area contributed by atoms with Gasteiger partial charge in [-0.1, -0.05) is 0 Å². The third kappa shape index (κ3) is 5.27. The van der Waals surface area contributed by atoms with Crippen molar-refractivity contribution in [2.45, 2.75) is 18.9 Å². The first kappa shape index (κ1) is 18.8. The van der Waals surface area contributed by atoms with Gasteiger partial charge in [0, 0.05) is 32.9 Å². The summed E-state index contributed by atoms with van der Waals surface area (Å²) in [5.41, 5.74) is 1.16. The summed E-state index contributed by atoms with van der Waals surface area (Å²) in [5, 5.41) is 8.23. The Balaban J connectivity index is 1.53. The maximum absolute atomic E-state index is 14.2. The van der Waals surface area contributed by atoms with E-state index in [0.29, 0.717) is 29.6 Å². The van der Waals surface area contributed by atoms with Gasteiger partial charge in [-0.2, -0.15) is 0 Å². The molecule has 2 heterocycles. The van der Waals surface area contributed by atoms with E-state index >= 15 is 0 Å². The normalized spacial score (nSPS) is 16.0. The van der Waals surface area contributed by atoms with E-state index in [2.05, 4.69) is 25.9 Å². The fourth-order valence-electron chi connectivity index (χ4n) is 2.68. The van der Waals surface area contributed by atoms with E-state index in [4.69, 9.17) is 4.74 Å². The number of aromatic nitrogens is 2. The maximum Gasteiger partial charge on any atom is 0.323 e. The van der Waals surface area contributed by atoms with E-state index in [0.717, 1.165) is 19.4 Å². The van der Waals surface area contributed by atoms with Crippen molar-refractivity contribution in [2.75, 3.05) is 48.1 Å². The average Bonchev–Trinajstić information content (AvgIpc) is 3.15. The van der Waals surface area contributed by atoms with Gasteiger partial charge in [-0.05, 0) is 31.0 Å². The van der Waals surface area contributed by atoms with Crippen molar-refractivity contribution in [1.82, 2.24) is 9.97 Å². The highest BCUT2D eigenvalue weighted by Gasteiger charge is 2.16. The van der Waals surface area contributed by atoms with Crippen LogP contribution in [0.5, 0.6) is 0 Å². The van der Waals surface area contributed by atoms with Crippen molar-refractivity contribution >= 4 is 29.0 Å². The summed E-state index contributed by atoms with van der Waals surface area (Å²) in [4.78, 5) is 22.0. The molecular weight excluding hydrogens is 351 g/mol. The van der Waals surface area contributed by atoms with Gasteiger partial charge in [0.05, 0.1) is 29.9 Å². The monoisotopic (exact) mass is 374 g/mol. The second kappa shape index (κ2) is 8.63. The summed E-state index contributed by atoms with van der Waals surface area (Å²) in [7, 11) is 3.64. The van der Waals surface area contributed by atoms with Gasteiger partial charge < -0.3 is 25.6 Å². The molecule has 1 unspecified atom stereocenters. The Bertz CT molecular complexity index is 778. The van der Waals surface area contributed by atoms with Crippen molar-refractivity contribution in [3.05, 3.63) is 36.4 Å². The molecule has 1 aromatic heterocycles. The van der Waals surface area contributed by atoms with E-state index in [1.54, 1.807) is 17.0 Å². The first-order valence-electron chi connectivity index (χ1n) is 8.73. The van der Waals surface area contributed by atoms with Gasteiger partial charge in [0.1, 0.15) is 5.82 Å². The quantitative estimate of drug-likeness (QED) is 0.720. The van der Waals surface area contributed by atoms with Crippen LogP contribution in [-0.2, 0) is 4.74 Å². The molecule has 144 valence electrons. The SMILES string of the molecule is CN(C)c1ncc(NC(=O)Nc2ccc(NCC3CCCO3)c(F)c2)cn1. The molecule has 0 spiro atoms. The Morgan fingerprint density at radius 3 is 2.63 bits per heavy atom. The Kier molecular flexibility index (Phi) is 6.02. The lowest BCUT2D eigenvalue weighted by atomic mass is 10.2. The lowest BCUT2D eigenvalue weighted by Gasteiger charge is -2.14. The minimum absolute atomic E-state index is 0.120. The molecule has 1 fully saturated rings. The first-order chi connectivity index (χ1) is 13.0. The molecule has 27 heavy (non-hydrogen) atoms. The van der Waals surface area contributed by atoms with E-state index in [-0.39, 0.29) is 6.10 Å². The van der Waals surface area contributed by atoms with Gasteiger partial charge in [0.25, 0.3) is 0 Å². The van der Waals surface area contributed by atoms with Gasteiger partial charge in [-0.3, -0.25) is 0 Å². The molecule has 1 atom stereocenters. The third-order valence-electron chi connectivity index (χ3n) is 4.07. The average molecular weight is 374 g/mol. The second-order valence-electron chi connectivity index (χ2n) is 6.46. The maximum atomic E-state index is 14.2. The molecule has 0 saturated carbocycles. The van der Waals surface area contributed by atoms with Crippen LogP contribution >= 0.6 is 0 Å². The number of carbonyl (C=O) groups excluding carboxylic acids is 1. The molecule has 0 aliphatic carbocycles. The summed E-state index contributed by atoms with van der Waals surface area (Å²) >= 11 is 0.